The average Bonchev–Trinajstić information content (AvgIpc) is 3.09. The van der Waals surface area contributed by atoms with E-state index < -0.39 is 71.0 Å². The molecule has 0 saturated heterocycles. The summed E-state index contributed by atoms with van der Waals surface area (Å²) in [4.78, 5) is 65.5. The normalized spacial score (nSPS) is 13.0. The molecule has 3 unspecified atom stereocenters. The first kappa shape index (κ1) is 44.8. The highest BCUT2D eigenvalue weighted by atomic mass is 19.1. The second-order valence-electron chi connectivity index (χ2n) is 15.0. The van der Waals surface area contributed by atoms with Gasteiger partial charge in [0, 0.05) is 24.2 Å². The van der Waals surface area contributed by atoms with Gasteiger partial charge in [0.25, 0.3) is 11.8 Å². The molecule has 56 heavy (non-hydrogen) atoms. The number of hydrogen-bond acceptors (Lipinski definition) is 9. The van der Waals surface area contributed by atoms with E-state index in [1.807, 2.05) is 30.3 Å². The number of benzene rings is 3. The standard InChI is InChI=1S/C41H52F2N4O9/c1-8-13-34(48)54-35(33(47-39(52)56-41(5,6)7)25-53-24-26-14-10-9-11-15-26)37(50)45-30-17-12-16-27(21-30)36(49)44-23-31(46-38(51)55-40(2,3)4)22-28-20-29(42)18-19-32(28)43/h9-12,14-21,31,33,35H,8,13,22-25H2,1-7H3,(H,44,49)(H,45,50)(H,46,51)(H,47,52). The Bertz CT molecular complexity index is 1800. The van der Waals surface area contributed by atoms with Gasteiger partial charge in [-0.3, -0.25) is 14.4 Å². The minimum Gasteiger partial charge on any atom is -0.450 e. The second-order valence-corrected chi connectivity index (χ2v) is 15.0. The van der Waals surface area contributed by atoms with E-state index in [2.05, 4.69) is 21.3 Å². The van der Waals surface area contributed by atoms with Crippen molar-refractivity contribution in [3.8, 4) is 0 Å². The maximum absolute atomic E-state index is 14.5. The van der Waals surface area contributed by atoms with Crippen LogP contribution < -0.4 is 21.3 Å². The molecule has 0 aromatic heterocycles. The zero-order valence-electron chi connectivity index (χ0n) is 32.8. The number of hydrogen-bond donors (Lipinski definition) is 4. The maximum Gasteiger partial charge on any atom is 0.408 e. The van der Waals surface area contributed by atoms with Crippen LogP contribution in [0.4, 0.5) is 24.1 Å². The van der Waals surface area contributed by atoms with Gasteiger partial charge in [-0.25, -0.2) is 18.4 Å². The highest BCUT2D eigenvalue weighted by molar-refractivity contribution is 5.99. The molecule has 0 fully saturated rings. The van der Waals surface area contributed by atoms with Crippen molar-refractivity contribution >= 4 is 35.7 Å². The molecule has 13 nitrogen and oxygen atoms in total. The van der Waals surface area contributed by atoms with E-state index in [0.717, 1.165) is 23.8 Å². The van der Waals surface area contributed by atoms with E-state index in [0.29, 0.717) is 6.42 Å². The van der Waals surface area contributed by atoms with Crippen molar-refractivity contribution in [2.45, 2.75) is 104 Å². The molecule has 0 heterocycles. The summed E-state index contributed by atoms with van der Waals surface area (Å²) in [5, 5.41) is 10.5. The Hall–Kier alpha value is -5.57. The minimum absolute atomic E-state index is 0.000894. The van der Waals surface area contributed by atoms with Crippen molar-refractivity contribution in [1.82, 2.24) is 16.0 Å². The van der Waals surface area contributed by atoms with Gasteiger partial charge < -0.3 is 40.2 Å². The van der Waals surface area contributed by atoms with Gasteiger partial charge in [0.2, 0.25) is 6.10 Å². The van der Waals surface area contributed by atoms with Gasteiger partial charge in [-0.05, 0) is 102 Å². The lowest BCUT2D eigenvalue weighted by atomic mass is 10.0. The molecule has 4 amide bonds. The Morgan fingerprint density at radius 3 is 2.09 bits per heavy atom. The number of carbonyl (C=O) groups is 5. The molecule has 0 aliphatic carbocycles. The van der Waals surface area contributed by atoms with Gasteiger partial charge in [0.15, 0.2) is 0 Å². The lowest BCUT2D eigenvalue weighted by Gasteiger charge is -2.28. The monoisotopic (exact) mass is 782 g/mol. The third-order valence-corrected chi connectivity index (χ3v) is 7.54. The number of anilines is 1. The van der Waals surface area contributed by atoms with E-state index in [4.69, 9.17) is 18.9 Å². The first-order chi connectivity index (χ1) is 26.3. The van der Waals surface area contributed by atoms with Crippen molar-refractivity contribution in [2.24, 2.45) is 0 Å². The highest BCUT2D eigenvalue weighted by Crippen LogP contribution is 2.17. The Morgan fingerprint density at radius 1 is 0.786 bits per heavy atom. The number of alkyl carbamates (subject to hydrolysis) is 2. The van der Waals surface area contributed by atoms with Crippen LogP contribution in [0.3, 0.4) is 0 Å². The molecule has 0 aliphatic rings. The lowest BCUT2D eigenvalue weighted by molar-refractivity contribution is -0.157. The van der Waals surface area contributed by atoms with E-state index in [1.165, 1.54) is 24.3 Å². The number of rotatable bonds is 17. The van der Waals surface area contributed by atoms with Crippen LogP contribution in [-0.4, -0.2) is 72.5 Å². The Balaban J connectivity index is 1.81. The Morgan fingerprint density at radius 2 is 1.45 bits per heavy atom. The second kappa shape index (κ2) is 20.9. The molecule has 4 N–H and O–H groups in total. The number of esters is 1. The number of nitrogens with one attached hydrogen (secondary N) is 4. The molecular weight excluding hydrogens is 730 g/mol. The van der Waals surface area contributed by atoms with Gasteiger partial charge in [-0.15, -0.1) is 0 Å². The van der Waals surface area contributed by atoms with Crippen LogP contribution in [0, 0.1) is 11.6 Å². The average molecular weight is 783 g/mol. The predicted molar refractivity (Wildman–Crippen MR) is 205 cm³/mol. The number of halogens is 2. The zero-order valence-corrected chi connectivity index (χ0v) is 32.8. The maximum atomic E-state index is 14.5. The first-order valence-electron chi connectivity index (χ1n) is 18.2. The van der Waals surface area contributed by atoms with E-state index in [-0.39, 0.29) is 49.4 Å². The van der Waals surface area contributed by atoms with E-state index >= 15 is 0 Å². The van der Waals surface area contributed by atoms with Gasteiger partial charge in [0.05, 0.1) is 19.3 Å². The highest BCUT2D eigenvalue weighted by Gasteiger charge is 2.35. The molecule has 3 atom stereocenters. The lowest BCUT2D eigenvalue weighted by Crippen LogP contribution is -2.54. The molecule has 304 valence electrons. The van der Waals surface area contributed by atoms with Crippen LogP contribution in [0.2, 0.25) is 0 Å². The largest absolute Gasteiger partial charge is 0.450 e. The van der Waals surface area contributed by atoms with Crippen LogP contribution in [0.25, 0.3) is 0 Å². The molecule has 3 aromatic rings. The minimum atomic E-state index is -1.59. The predicted octanol–water partition coefficient (Wildman–Crippen LogP) is 6.59. The van der Waals surface area contributed by atoms with Gasteiger partial charge >= 0.3 is 18.2 Å². The quantitative estimate of drug-likeness (QED) is 0.0872. The first-order valence-corrected chi connectivity index (χ1v) is 18.2. The third-order valence-electron chi connectivity index (χ3n) is 7.54. The van der Waals surface area contributed by atoms with Gasteiger partial charge in [0.1, 0.15) is 28.9 Å². The summed E-state index contributed by atoms with van der Waals surface area (Å²) < 4.78 is 50.7. The van der Waals surface area contributed by atoms with Crippen LogP contribution >= 0.6 is 0 Å². The summed E-state index contributed by atoms with van der Waals surface area (Å²) in [6.45, 7) is 11.4. The van der Waals surface area contributed by atoms with Crippen LogP contribution in [0.15, 0.2) is 72.8 Å². The molecule has 3 aromatic carbocycles. The molecule has 3 rings (SSSR count). The fraction of sp³-hybridized carbons (Fsp3) is 0.439. The molecule has 0 bridgehead atoms. The molecule has 0 radical (unpaired) electrons. The van der Waals surface area contributed by atoms with Crippen molar-refractivity contribution in [3.63, 3.8) is 0 Å². The zero-order chi connectivity index (χ0) is 41.5. The van der Waals surface area contributed by atoms with Crippen molar-refractivity contribution in [2.75, 3.05) is 18.5 Å². The summed E-state index contributed by atoms with van der Waals surface area (Å²) in [5.74, 6) is -3.50. The summed E-state index contributed by atoms with van der Waals surface area (Å²) >= 11 is 0. The Kier molecular flexibility index (Phi) is 16.8. The van der Waals surface area contributed by atoms with Crippen molar-refractivity contribution in [3.05, 3.63) is 101 Å². The molecular formula is C41H52F2N4O9. The number of carbonyl (C=O) groups excluding carboxylic acids is 5. The molecule has 0 aliphatic heterocycles. The fourth-order valence-corrected chi connectivity index (χ4v) is 5.15. The summed E-state index contributed by atoms with van der Waals surface area (Å²) in [6.07, 6.45) is -3.02. The third kappa shape index (κ3) is 16.4. The van der Waals surface area contributed by atoms with Gasteiger partial charge in [-0.2, -0.15) is 0 Å². The summed E-state index contributed by atoms with van der Waals surface area (Å²) in [7, 11) is 0. The topological polar surface area (TPSA) is 170 Å². The molecule has 0 spiro atoms. The van der Waals surface area contributed by atoms with Crippen LogP contribution in [0.1, 0.15) is 82.8 Å². The van der Waals surface area contributed by atoms with E-state index in [1.54, 1.807) is 48.5 Å². The molecule has 0 saturated carbocycles. The summed E-state index contributed by atoms with van der Waals surface area (Å²) in [5.41, 5.74) is -0.685. The Labute approximate surface area is 326 Å². The van der Waals surface area contributed by atoms with Crippen molar-refractivity contribution in [1.29, 1.82) is 0 Å². The molecule has 15 heteroatoms. The van der Waals surface area contributed by atoms with Crippen LogP contribution in [-0.2, 0) is 41.6 Å². The van der Waals surface area contributed by atoms with Gasteiger partial charge in [-0.1, -0.05) is 43.3 Å². The summed E-state index contributed by atoms with van der Waals surface area (Å²) in [6, 6.07) is 15.9. The van der Waals surface area contributed by atoms with Crippen molar-refractivity contribution < 1.29 is 51.7 Å². The SMILES string of the molecule is CCCC(=O)OC(C(=O)Nc1cccc(C(=O)NCC(Cc2cc(F)ccc2F)NC(=O)OC(C)(C)C)c1)C(COCc1ccccc1)NC(=O)OC(C)(C)C. The number of amides is 4. The fourth-order valence-electron chi connectivity index (χ4n) is 5.15. The van der Waals surface area contributed by atoms with Crippen LogP contribution in [0.5, 0.6) is 0 Å². The smallest absolute Gasteiger partial charge is 0.408 e. The number of ether oxygens (including phenoxy) is 4. The van der Waals surface area contributed by atoms with E-state index in [9.17, 15) is 32.8 Å².